The Morgan fingerprint density at radius 1 is 1.30 bits per heavy atom. The second-order valence-corrected chi connectivity index (χ2v) is 7.27. The third kappa shape index (κ3) is 3.63. The van der Waals surface area contributed by atoms with Crippen LogP contribution in [0.5, 0.6) is 0 Å². The number of nitrogens with zero attached hydrogens (tertiary/aromatic N) is 1. The predicted molar refractivity (Wildman–Crippen MR) is 89.7 cm³/mol. The smallest absolute Gasteiger partial charge is 0.0499 e. The molecule has 1 aromatic carbocycles. The van der Waals surface area contributed by atoms with E-state index in [-0.39, 0.29) is 6.04 Å². The van der Waals surface area contributed by atoms with E-state index >= 15 is 0 Å². The van der Waals surface area contributed by atoms with Crippen molar-refractivity contribution in [3.63, 3.8) is 0 Å². The molecule has 0 radical (unpaired) electrons. The zero-order valence-corrected chi connectivity index (χ0v) is 14.4. The van der Waals surface area contributed by atoms with Gasteiger partial charge in [-0.25, -0.2) is 0 Å². The largest absolute Gasteiger partial charge is 0.326 e. The molecule has 2 N–H and O–H groups in total. The molecular formula is C17H27BrN2. The highest BCUT2D eigenvalue weighted by Crippen LogP contribution is 2.33. The molecule has 0 saturated carbocycles. The van der Waals surface area contributed by atoms with E-state index in [0.29, 0.717) is 6.04 Å². The molecule has 0 aliphatic carbocycles. The normalized spacial score (nSPS) is 23.2. The van der Waals surface area contributed by atoms with Crippen LogP contribution in [0, 0.1) is 11.8 Å². The average molecular weight is 339 g/mol. The molecule has 20 heavy (non-hydrogen) atoms. The van der Waals surface area contributed by atoms with Crippen LogP contribution in [0.2, 0.25) is 0 Å². The van der Waals surface area contributed by atoms with Crippen LogP contribution in [0.1, 0.15) is 45.2 Å². The molecule has 1 heterocycles. The number of hydrogen-bond donors (Lipinski definition) is 1. The monoisotopic (exact) mass is 338 g/mol. The highest BCUT2D eigenvalue weighted by atomic mass is 79.9. The minimum Gasteiger partial charge on any atom is -0.326 e. The molecule has 112 valence electrons. The summed E-state index contributed by atoms with van der Waals surface area (Å²) in [6, 6.07) is 9.25. The standard InChI is InChI=1S/C17H27BrN2/c1-4-16(19)17(13-5-7-15(18)8-6-13)20-10-9-14(11-20)12(2)3/h5-8,12,14,16-17H,4,9-11,19H2,1-3H3. The fourth-order valence-electron chi connectivity index (χ4n) is 3.22. The van der Waals surface area contributed by atoms with Crippen molar-refractivity contribution >= 4 is 15.9 Å². The summed E-state index contributed by atoms with van der Waals surface area (Å²) in [6.07, 6.45) is 2.32. The molecule has 2 nitrogen and oxygen atoms in total. The molecule has 0 aromatic heterocycles. The van der Waals surface area contributed by atoms with Crippen LogP contribution in [-0.4, -0.2) is 24.0 Å². The Labute approximate surface area is 131 Å². The number of benzene rings is 1. The zero-order chi connectivity index (χ0) is 14.7. The fraction of sp³-hybridized carbons (Fsp3) is 0.647. The summed E-state index contributed by atoms with van der Waals surface area (Å²) in [6.45, 7) is 9.22. The Bertz CT molecular complexity index is 416. The first-order valence-electron chi connectivity index (χ1n) is 7.78. The summed E-state index contributed by atoms with van der Waals surface area (Å²) < 4.78 is 1.13. The molecule has 1 aliphatic heterocycles. The summed E-state index contributed by atoms with van der Waals surface area (Å²) in [5.41, 5.74) is 7.79. The highest BCUT2D eigenvalue weighted by molar-refractivity contribution is 9.10. The Kier molecular flexibility index (Phi) is 5.65. The van der Waals surface area contributed by atoms with Crippen LogP contribution < -0.4 is 5.73 Å². The molecule has 1 fully saturated rings. The summed E-state index contributed by atoms with van der Waals surface area (Å²) in [4.78, 5) is 2.60. The molecule has 1 aliphatic rings. The van der Waals surface area contributed by atoms with Crippen molar-refractivity contribution in [2.24, 2.45) is 17.6 Å². The Morgan fingerprint density at radius 3 is 2.45 bits per heavy atom. The van der Waals surface area contributed by atoms with Crippen LogP contribution in [0.25, 0.3) is 0 Å². The molecule has 1 aromatic rings. The molecule has 0 spiro atoms. The van der Waals surface area contributed by atoms with Gasteiger partial charge in [0.15, 0.2) is 0 Å². The SMILES string of the molecule is CCC(N)C(c1ccc(Br)cc1)N1CCC(C(C)C)C1. The average Bonchev–Trinajstić information content (AvgIpc) is 2.90. The second kappa shape index (κ2) is 7.06. The van der Waals surface area contributed by atoms with Crippen molar-refractivity contribution in [3.8, 4) is 0 Å². The van der Waals surface area contributed by atoms with Gasteiger partial charge < -0.3 is 5.73 Å². The van der Waals surface area contributed by atoms with Crippen LogP contribution >= 0.6 is 15.9 Å². The van der Waals surface area contributed by atoms with Crippen LogP contribution in [0.3, 0.4) is 0 Å². The van der Waals surface area contributed by atoms with Crippen molar-refractivity contribution in [1.29, 1.82) is 0 Å². The maximum absolute atomic E-state index is 6.44. The topological polar surface area (TPSA) is 29.3 Å². The quantitative estimate of drug-likeness (QED) is 0.871. The minimum absolute atomic E-state index is 0.210. The van der Waals surface area contributed by atoms with Crippen molar-refractivity contribution in [2.45, 2.75) is 45.7 Å². The molecule has 3 heteroatoms. The Morgan fingerprint density at radius 2 is 1.95 bits per heavy atom. The van der Waals surface area contributed by atoms with E-state index in [1.165, 1.54) is 25.1 Å². The molecule has 2 rings (SSSR count). The van der Waals surface area contributed by atoms with Gasteiger partial charge in [-0.15, -0.1) is 0 Å². The number of rotatable bonds is 5. The lowest BCUT2D eigenvalue weighted by Crippen LogP contribution is -2.40. The van der Waals surface area contributed by atoms with E-state index < -0.39 is 0 Å². The highest BCUT2D eigenvalue weighted by Gasteiger charge is 2.33. The van der Waals surface area contributed by atoms with E-state index in [9.17, 15) is 0 Å². The first-order valence-corrected chi connectivity index (χ1v) is 8.57. The van der Waals surface area contributed by atoms with Crippen molar-refractivity contribution in [3.05, 3.63) is 34.3 Å². The van der Waals surface area contributed by atoms with Gasteiger partial charge in [0.25, 0.3) is 0 Å². The van der Waals surface area contributed by atoms with Gasteiger partial charge in [-0.05, 0) is 48.9 Å². The van der Waals surface area contributed by atoms with Gasteiger partial charge in [0.2, 0.25) is 0 Å². The predicted octanol–water partition coefficient (Wildman–Crippen LogP) is 4.21. The Hall–Kier alpha value is -0.380. The van der Waals surface area contributed by atoms with Crippen molar-refractivity contribution < 1.29 is 0 Å². The molecule has 0 bridgehead atoms. The van der Waals surface area contributed by atoms with E-state index in [1.54, 1.807) is 0 Å². The van der Waals surface area contributed by atoms with Crippen LogP contribution in [0.4, 0.5) is 0 Å². The molecule has 0 amide bonds. The summed E-state index contributed by atoms with van der Waals surface area (Å²) in [5.74, 6) is 1.58. The zero-order valence-electron chi connectivity index (χ0n) is 12.8. The van der Waals surface area contributed by atoms with E-state index in [4.69, 9.17) is 5.73 Å². The number of likely N-dealkylation sites (tertiary alicyclic amines) is 1. The van der Waals surface area contributed by atoms with E-state index in [1.807, 2.05) is 0 Å². The molecule has 3 atom stereocenters. The fourth-order valence-corrected chi connectivity index (χ4v) is 3.49. The summed E-state index contributed by atoms with van der Waals surface area (Å²) in [7, 11) is 0. The number of halogens is 1. The van der Waals surface area contributed by atoms with Gasteiger partial charge in [0, 0.05) is 23.1 Å². The lowest BCUT2D eigenvalue weighted by Gasteiger charge is -2.33. The van der Waals surface area contributed by atoms with Gasteiger partial charge in [-0.2, -0.15) is 0 Å². The molecular weight excluding hydrogens is 312 g/mol. The van der Waals surface area contributed by atoms with Crippen LogP contribution in [0.15, 0.2) is 28.7 Å². The molecule has 3 unspecified atom stereocenters. The third-order valence-corrected chi connectivity index (χ3v) is 5.21. The minimum atomic E-state index is 0.210. The van der Waals surface area contributed by atoms with Crippen molar-refractivity contribution in [1.82, 2.24) is 4.90 Å². The summed E-state index contributed by atoms with van der Waals surface area (Å²) >= 11 is 3.52. The first-order chi connectivity index (χ1) is 9.52. The lowest BCUT2D eigenvalue weighted by molar-refractivity contribution is 0.195. The number of hydrogen-bond acceptors (Lipinski definition) is 2. The third-order valence-electron chi connectivity index (χ3n) is 4.68. The van der Waals surface area contributed by atoms with Gasteiger partial charge in [-0.3, -0.25) is 4.90 Å². The maximum atomic E-state index is 6.44. The van der Waals surface area contributed by atoms with E-state index in [2.05, 4.69) is 65.9 Å². The van der Waals surface area contributed by atoms with Gasteiger partial charge in [0.05, 0.1) is 0 Å². The first kappa shape index (κ1) is 16.0. The Balaban J connectivity index is 2.18. The second-order valence-electron chi connectivity index (χ2n) is 6.36. The van der Waals surface area contributed by atoms with E-state index in [0.717, 1.165) is 22.7 Å². The van der Waals surface area contributed by atoms with Crippen LogP contribution in [-0.2, 0) is 0 Å². The molecule has 1 saturated heterocycles. The maximum Gasteiger partial charge on any atom is 0.0499 e. The van der Waals surface area contributed by atoms with Gasteiger partial charge >= 0.3 is 0 Å². The lowest BCUT2D eigenvalue weighted by atomic mass is 9.94. The summed E-state index contributed by atoms with van der Waals surface area (Å²) in [5, 5.41) is 0. The van der Waals surface area contributed by atoms with Gasteiger partial charge in [-0.1, -0.05) is 48.8 Å². The number of nitrogens with two attached hydrogens (primary N) is 1. The van der Waals surface area contributed by atoms with Gasteiger partial charge in [0.1, 0.15) is 0 Å². The van der Waals surface area contributed by atoms with Crippen molar-refractivity contribution in [2.75, 3.05) is 13.1 Å².